The maximum atomic E-state index is 13.1. The first kappa shape index (κ1) is 19.4. The molecular weight excluding hydrogens is 364 g/mol. The molecule has 3 rings (SSSR count). The third kappa shape index (κ3) is 4.87. The highest BCUT2D eigenvalue weighted by atomic mass is 32.2. The molecule has 7 heteroatoms. The minimum absolute atomic E-state index is 0.00695. The lowest BCUT2D eigenvalue weighted by atomic mass is 10.2. The van der Waals surface area contributed by atoms with Gasteiger partial charge in [-0.25, -0.2) is 8.42 Å². The highest BCUT2D eigenvalue weighted by Crippen LogP contribution is 2.23. The third-order valence-corrected chi connectivity index (χ3v) is 6.28. The number of ether oxygens (including phenoxy) is 1. The van der Waals surface area contributed by atoms with Crippen molar-refractivity contribution in [2.75, 3.05) is 24.0 Å². The van der Waals surface area contributed by atoms with E-state index in [0.717, 1.165) is 22.7 Å². The standard InChI is InChI=1S/C20H24N2O4S/c1-16-9-11-17(12-10-16)22(27(24,25)19-7-3-2-4-8-19)15-20(23)21-14-18-6-5-13-26-18/h2-4,7-12,18H,5-6,13-15H2,1H3,(H,21,23). The Bertz CT molecular complexity index is 861. The van der Waals surface area contributed by atoms with Gasteiger partial charge in [0.15, 0.2) is 0 Å². The number of hydrogen-bond acceptors (Lipinski definition) is 4. The van der Waals surface area contributed by atoms with Gasteiger partial charge in [0.2, 0.25) is 5.91 Å². The van der Waals surface area contributed by atoms with Crippen molar-refractivity contribution in [1.82, 2.24) is 5.32 Å². The number of rotatable bonds is 7. The molecule has 0 aromatic heterocycles. The summed E-state index contributed by atoms with van der Waals surface area (Å²) in [6.45, 7) is 2.74. The van der Waals surface area contributed by atoms with Crippen LogP contribution in [0.3, 0.4) is 0 Å². The van der Waals surface area contributed by atoms with Crippen LogP contribution in [0, 0.1) is 6.92 Å². The number of anilines is 1. The topological polar surface area (TPSA) is 75.7 Å². The highest BCUT2D eigenvalue weighted by Gasteiger charge is 2.27. The first-order chi connectivity index (χ1) is 13.0. The molecule has 1 aliphatic rings. The Kier molecular flexibility index (Phi) is 6.13. The summed E-state index contributed by atoms with van der Waals surface area (Å²) in [7, 11) is -3.86. The molecule has 2 aromatic carbocycles. The molecule has 6 nitrogen and oxygen atoms in total. The molecule has 1 unspecified atom stereocenters. The van der Waals surface area contributed by atoms with E-state index < -0.39 is 10.0 Å². The lowest BCUT2D eigenvalue weighted by molar-refractivity contribution is -0.120. The van der Waals surface area contributed by atoms with Crippen LogP contribution in [-0.2, 0) is 19.6 Å². The van der Waals surface area contributed by atoms with Crippen LogP contribution in [0.5, 0.6) is 0 Å². The van der Waals surface area contributed by atoms with Crippen LogP contribution in [-0.4, -0.2) is 40.1 Å². The zero-order valence-corrected chi connectivity index (χ0v) is 16.1. The van der Waals surface area contributed by atoms with Crippen molar-refractivity contribution in [3.63, 3.8) is 0 Å². The van der Waals surface area contributed by atoms with Crippen molar-refractivity contribution in [3.8, 4) is 0 Å². The summed E-state index contributed by atoms with van der Waals surface area (Å²) < 4.78 is 32.9. The normalized spacial score (nSPS) is 16.9. The Balaban J connectivity index is 1.81. The second kappa shape index (κ2) is 8.54. The van der Waals surface area contributed by atoms with E-state index in [-0.39, 0.29) is 23.5 Å². The minimum Gasteiger partial charge on any atom is -0.376 e. The predicted octanol–water partition coefficient (Wildman–Crippen LogP) is 2.49. The Morgan fingerprint density at radius 3 is 2.48 bits per heavy atom. The number of amides is 1. The maximum absolute atomic E-state index is 13.1. The van der Waals surface area contributed by atoms with E-state index >= 15 is 0 Å². The van der Waals surface area contributed by atoms with E-state index in [0.29, 0.717) is 18.8 Å². The zero-order valence-electron chi connectivity index (χ0n) is 15.3. The summed E-state index contributed by atoms with van der Waals surface area (Å²) >= 11 is 0. The zero-order chi connectivity index (χ0) is 19.3. The molecule has 1 heterocycles. The summed E-state index contributed by atoms with van der Waals surface area (Å²) in [5.74, 6) is -0.356. The summed E-state index contributed by atoms with van der Waals surface area (Å²) in [6.07, 6.45) is 1.90. The van der Waals surface area contributed by atoms with Crippen LogP contribution in [0.1, 0.15) is 18.4 Å². The molecule has 0 radical (unpaired) electrons. The molecule has 2 aromatic rings. The van der Waals surface area contributed by atoms with Crippen LogP contribution < -0.4 is 9.62 Å². The van der Waals surface area contributed by atoms with E-state index in [2.05, 4.69) is 5.32 Å². The summed E-state index contributed by atoms with van der Waals surface area (Å²) in [5.41, 5.74) is 1.47. The van der Waals surface area contributed by atoms with Gasteiger partial charge in [-0.3, -0.25) is 9.10 Å². The number of benzene rings is 2. The number of carbonyl (C=O) groups is 1. The fraction of sp³-hybridized carbons (Fsp3) is 0.350. The fourth-order valence-electron chi connectivity index (χ4n) is 2.97. The van der Waals surface area contributed by atoms with Crippen LogP contribution in [0.2, 0.25) is 0 Å². The van der Waals surface area contributed by atoms with Crippen molar-refractivity contribution in [2.24, 2.45) is 0 Å². The maximum Gasteiger partial charge on any atom is 0.264 e. The number of hydrogen-bond donors (Lipinski definition) is 1. The van der Waals surface area contributed by atoms with E-state index in [1.165, 1.54) is 12.1 Å². The van der Waals surface area contributed by atoms with Crippen molar-refractivity contribution in [3.05, 3.63) is 60.2 Å². The minimum atomic E-state index is -3.86. The van der Waals surface area contributed by atoms with Crippen molar-refractivity contribution >= 4 is 21.6 Å². The Hall–Kier alpha value is -2.38. The first-order valence-electron chi connectivity index (χ1n) is 8.99. The molecule has 0 spiro atoms. The van der Waals surface area contributed by atoms with Gasteiger partial charge in [0.1, 0.15) is 6.54 Å². The third-order valence-electron chi connectivity index (χ3n) is 4.49. The van der Waals surface area contributed by atoms with Crippen molar-refractivity contribution < 1.29 is 17.9 Å². The highest BCUT2D eigenvalue weighted by molar-refractivity contribution is 7.92. The number of nitrogens with one attached hydrogen (secondary N) is 1. The molecule has 0 saturated carbocycles. The number of carbonyl (C=O) groups excluding carboxylic acids is 1. The molecular formula is C20H24N2O4S. The van der Waals surface area contributed by atoms with Gasteiger partial charge in [0.25, 0.3) is 10.0 Å². The van der Waals surface area contributed by atoms with Crippen LogP contribution >= 0.6 is 0 Å². The van der Waals surface area contributed by atoms with Crippen LogP contribution in [0.15, 0.2) is 59.5 Å². The molecule has 144 valence electrons. The molecule has 1 aliphatic heterocycles. The molecule has 1 amide bonds. The van der Waals surface area contributed by atoms with Crippen molar-refractivity contribution in [2.45, 2.75) is 30.8 Å². The monoisotopic (exact) mass is 388 g/mol. The number of aryl methyl sites for hydroxylation is 1. The lowest BCUT2D eigenvalue weighted by Crippen LogP contribution is -2.42. The van der Waals surface area contributed by atoms with E-state index in [1.807, 2.05) is 19.1 Å². The van der Waals surface area contributed by atoms with Gasteiger partial charge >= 0.3 is 0 Å². The van der Waals surface area contributed by atoms with E-state index in [9.17, 15) is 13.2 Å². The quantitative estimate of drug-likeness (QED) is 0.791. The Labute approximate surface area is 160 Å². The molecule has 1 atom stereocenters. The Morgan fingerprint density at radius 2 is 1.85 bits per heavy atom. The van der Waals surface area contributed by atoms with E-state index in [4.69, 9.17) is 4.74 Å². The van der Waals surface area contributed by atoms with Crippen LogP contribution in [0.25, 0.3) is 0 Å². The largest absolute Gasteiger partial charge is 0.376 e. The molecule has 1 saturated heterocycles. The molecule has 1 N–H and O–H groups in total. The van der Waals surface area contributed by atoms with Gasteiger partial charge in [-0.15, -0.1) is 0 Å². The number of sulfonamides is 1. The summed E-state index contributed by atoms with van der Waals surface area (Å²) in [6, 6.07) is 15.2. The second-order valence-corrected chi connectivity index (χ2v) is 8.46. The summed E-state index contributed by atoms with van der Waals surface area (Å²) in [4.78, 5) is 12.6. The lowest BCUT2D eigenvalue weighted by Gasteiger charge is -2.24. The number of nitrogens with zero attached hydrogens (tertiary/aromatic N) is 1. The van der Waals surface area contributed by atoms with Gasteiger partial charge in [0.05, 0.1) is 16.7 Å². The second-order valence-electron chi connectivity index (χ2n) is 6.60. The molecule has 27 heavy (non-hydrogen) atoms. The first-order valence-corrected chi connectivity index (χ1v) is 10.4. The van der Waals surface area contributed by atoms with Gasteiger partial charge < -0.3 is 10.1 Å². The molecule has 0 aliphatic carbocycles. The molecule has 0 bridgehead atoms. The van der Waals surface area contributed by atoms with Gasteiger partial charge in [-0.2, -0.15) is 0 Å². The Morgan fingerprint density at radius 1 is 1.15 bits per heavy atom. The summed E-state index contributed by atoms with van der Waals surface area (Å²) in [5, 5.41) is 2.79. The SMILES string of the molecule is Cc1ccc(N(CC(=O)NCC2CCCO2)S(=O)(=O)c2ccccc2)cc1. The predicted molar refractivity (Wildman–Crippen MR) is 104 cm³/mol. The average molecular weight is 388 g/mol. The van der Waals surface area contributed by atoms with Crippen molar-refractivity contribution in [1.29, 1.82) is 0 Å². The van der Waals surface area contributed by atoms with Gasteiger partial charge in [0, 0.05) is 13.2 Å². The fourth-order valence-corrected chi connectivity index (χ4v) is 4.41. The average Bonchev–Trinajstić information content (AvgIpc) is 3.19. The van der Waals surface area contributed by atoms with Gasteiger partial charge in [-0.1, -0.05) is 35.9 Å². The smallest absolute Gasteiger partial charge is 0.264 e. The van der Waals surface area contributed by atoms with Gasteiger partial charge in [-0.05, 0) is 44.0 Å². The van der Waals surface area contributed by atoms with E-state index in [1.54, 1.807) is 30.3 Å². The van der Waals surface area contributed by atoms with Crippen LogP contribution in [0.4, 0.5) is 5.69 Å². The molecule has 1 fully saturated rings.